The van der Waals surface area contributed by atoms with Crippen molar-refractivity contribution in [1.82, 2.24) is 19.7 Å². The van der Waals surface area contributed by atoms with Crippen LogP contribution in [0.2, 0.25) is 0 Å². The quantitative estimate of drug-likeness (QED) is 0.741. The molecule has 1 fully saturated rings. The average molecular weight is 404 g/mol. The monoisotopic (exact) mass is 403 g/mol. The van der Waals surface area contributed by atoms with E-state index >= 15 is 0 Å². The van der Waals surface area contributed by atoms with Crippen molar-refractivity contribution >= 4 is 22.9 Å². The summed E-state index contributed by atoms with van der Waals surface area (Å²) in [6.45, 7) is 7.46. The van der Waals surface area contributed by atoms with Crippen LogP contribution >= 0.6 is 11.3 Å². The topological polar surface area (TPSA) is 71.3 Å². The number of piperidine rings is 1. The maximum atomic E-state index is 12.7. The van der Waals surface area contributed by atoms with Crippen molar-refractivity contribution in [2.45, 2.75) is 58.5 Å². The Balaban J connectivity index is 1.69. The lowest BCUT2D eigenvalue weighted by atomic mass is 10.1. The minimum Gasteiger partial charge on any atom is -0.371 e. The minimum atomic E-state index is -0.114. The highest BCUT2D eigenvalue weighted by Crippen LogP contribution is 2.21. The van der Waals surface area contributed by atoms with Crippen LogP contribution in [0.5, 0.6) is 0 Å². The fourth-order valence-electron chi connectivity index (χ4n) is 3.41. The van der Waals surface area contributed by atoms with E-state index in [2.05, 4.69) is 30.9 Å². The molecule has 0 N–H and O–H groups in total. The first kappa shape index (κ1) is 20.5. The summed E-state index contributed by atoms with van der Waals surface area (Å²) in [5.41, 5.74) is 1.54. The number of aromatic nitrogens is 3. The van der Waals surface area contributed by atoms with Crippen LogP contribution in [-0.2, 0) is 17.6 Å². The van der Waals surface area contributed by atoms with Crippen LogP contribution in [0.4, 0.5) is 5.69 Å². The number of nitrogens with zero attached hydrogens (tertiary/aromatic N) is 5. The molecule has 0 radical (unpaired) electrons. The molecule has 1 amide bonds. The molecule has 0 aliphatic carbocycles. The Kier molecular flexibility index (Phi) is 6.49. The van der Waals surface area contributed by atoms with Crippen LogP contribution in [0.15, 0.2) is 22.4 Å². The van der Waals surface area contributed by atoms with Crippen molar-refractivity contribution in [3.05, 3.63) is 38.7 Å². The molecule has 1 aliphatic heterocycles. The maximum absolute atomic E-state index is 12.7. The van der Waals surface area contributed by atoms with Crippen LogP contribution in [0, 0.1) is 0 Å². The van der Waals surface area contributed by atoms with Gasteiger partial charge in [0.05, 0.1) is 35.0 Å². The molecule has 2 aromatic heterocycles. The number of amides is 1. The summed E-state index contributed by atoms with van der Waals surface area (Å²) in [6, 6.07) is 1.85. The molecule has 3 heterocycles. The van der Waals surface area contributed by atoms with E-state index < -0.39 is 0 Å². The van der Waals surface area contributed by atoms with Crippen molar-refractivity contribution in [2.75, 3.05) is 25.0 Å². The van der Waals surface area contributed by atoms with E-state index in [0.717, 1.165) is 42.2 Å². The number of hydrogen-bond donors (Lipinski definition) is 0. The lowest BCUT2D eigenvalue weighted by Gasteiger charge is -2.33. The number of rotatable bonds is 6. The molecule has 0 spiro atoms. The average Bonchev–Trinajstić information content (AvgIpc) is 3.14. The normalized spacial score (nSPS) is 17.2. The fourth-order valence-corrected chi connectivity index (χ4v) is 4.16. The third-order valence-electron chi connectivity index (χ3n) is 5.32. The third-order valence-corrected chi connectivity index (χ3v) is 6.36. The van der Waals surface area contributed by atoms with E-state index in [9.17, 15) is 9.59 Å². The lowest BCUT2D eigenvalue weighted by Crippen LogP contribution is -2.44. The van der Waals surface area contributed by atoms with Crippen LogP contribution in [-0.4, -0.2) is 51.8 Å². The summed E-state index contributed by atoms with van der Waals surface area (Å²) < 4.78 is 1.54. The van der Waals surface area contributed by atoms with Crippen LogP contribution in [0.25, 0.3) is 0 Å². The zero-order valence-corrected chi connectivity index (χ0v) is 17.9. The van der Waals surface area contributed by atoms with Crippen LogP contribution in [0.1, 0.15) is 50.4 Å². The first-order chi connectivity index (χ1) is 13.4. The van der Waals surface area contributed by atoms with Crippen molar-refractivity contribution in [3.63, 3.8) is 0 Å². The van der Waals surface area contributed by atoms with Gasteiger partial charge in [0.1, 0.15) is 0 Å². The van der Waals surface area contributed by atoms with Crippen molar-refractivity contribution in [1.29, 1.82) is 0 Å². The van der Waals surface area contributed by atoms with Gasteiger partial charge in [0.15, 0.2) is 0 Å². The van der Waals surface area contributed by atoms with Gasteiger partial charge in [-0.1, -0.05) is 6.92 Å². The number of likely N-dealkylation sites (tertiary alicyclic amines) is 1. The summed E-state index contributed by atoms with van der Waals surface area (Å²) in [5, 5.41) is 7.43. The molecule has 3 rings (SSSR count). The molecule has 1 aliphatic rings. The Morgan fingerprint density at radius 1 is 1.43 bits per heavy atom. The molecule has 7 nitrogen and oxygen atoms in total. The maximum Gasteiger partial charge on any atom is 0.269 e. The van der Waals surface area contributed by atoms with Gasteiger partial charge in [0, 0.05) is 37.6 Å². The molecule has 152 valence electrons. The zero-order chi connectivity index (χ0) is 20.3. The summed E-state index contributed by atoms with van der Waals surface area (Å²) in [4.78, 5) is 33.7. The molecule has 28 heavy (non-hydrogen) atoms. The molecule has 0 aromatic carbocycles. The van der Waals surface area contributed by atoms with E-state index in [1.54, 1.807) is 23.6 Å². The third kappa shape index (κ3) is 4.60. The zero-order valence-electron chi connectivity index (χ0n) is 17.1. The number of carbonyl (C=O) groups is 1. The van der Waals surface area contributed by atoms with Crippen molar-refractivity contribution < 1.29 is 4.79 Å². The number of thiazole rings is 1. The largest absolute Gasteiger partial charge is 0.371 e. The Hall–Kier alpha value is -2.22. The summed E-state index contributed by atoms with van der Waals surface area (Å²) in [7, 11) is 1.95. The standard InChI is InChI=1S/C20H29N5O2S/c1-5-18-22-15(13-28-18)9-19(26)24-8-6-7-16(12-24)25-20(27)10-17(11-21-25)23(4)14(2)3/h10-11,13-14,16H,5-9,12H2,1-4H3/t16-/m1/s1. The second-order valence-corrected chi connectivity index (χ2v) is 8.54. The number of aryl methyl sites for hydroxylation is 1. The van der Waals surface area contributed by atoms with Crippen molar-refractivity contribution in [3.8, 4) is 0 Å². The highest BCUT2D eigenvalue weighted by molar-refractivity contribution is 7.09. The van der Waals surface area contributed by atoms with Gasteiger partial charge in [0.25, 0.3) is 5.56 Å². The van der Waals surface area contributed by atoms with Gasteiger partial charge in [-0.2, -0.15) is 5.10 Å². The highest BCUT2D eigenvalue weighted by Gasteiger charge is 2.26. The second-order valence-electron chi connectivity index (χ2n) is 7.60. The molecule has 8 heteroatoms. The van der Waals surface area contributed by atoms with Crippen molar-refractivity contribution in [2.24, 2.45) is 0 Å². The van der Waals surface area contributed by atoms with E-state index in [1.165, 1.54) is 4.68 Å². The van der Waals surface area contributed by atoms with E-state index in [1.807, 2.05) is 22.2 Å². The van der Waals surface area contributed by atoms with Gasteiger partial charge < -0.3 is 9.80 Å². The molecule has 0 saturated carbocycles. The SMILES string of the molecule is CCc1nc(CC(=O)N2CCC[C@@H](n3ncc(N(C)C(C)C)cc3=O)C2)cs1. The minimum absolute atomic E-state index is 0.0712. The van der Waals surface area contributed by atoms with E-state index in [0.29, 0.717) is 19.0 Å². The molecular weight excluding hydrogens is 374 g/mol. The van der Waals surface area contributed by atoms with E-state index in [-0.39, 0.29) is 17.5 Å². The van der Waals surface area contributed by atoms with Gasteiger partial charge in [-0.25, -0.2) is 9.67 Å². The second kappa shape index (κ2) is 8.86. The van der Waals surface area contributed by atoms with Crippen LogP contribution < -0.4 is 10.5 Å². The number of carbonyl (C=O) groups excluding carboxylic acids is 1. The predicted octanol–water partition coefficient (Wildman–Crippen LogP) is 2.51. The van der Waals surface area contributed by atoms with Gasteiger partial charge >= 0.3 is 0 Å². The molecular formula is C20H29N5O2S. The molecule has 1 saturated heterocycles. The van der Waals surface area contributed by atoms with E-state index in [4.69, 9.17) is 0 Å². The molecule has 2 aromatic rings. The van der Waals surface area contributed by atoms with Gasteiger partial charge in [-0.3, -0.25) is 9.59 Å². The number of anilines is 1. The molecule has 0 unspecified atom stereocenters. The summed E-state index contributed by atoms with van der Waals surface area (Å²) in [5.74, 6) is 0.0712. The first-order valence-electron chi connectivity index (χ1n) is 9.91. The smallest absolute Gasteiger partial charge is 0.269 e. The summed E-state index contributed by atoms with van der Waals surface area (Å²) in [6.07, 6.45) is 4.68. The predicted molar refractivity (Wildman–Crippen MR) is 112 cm³/mol. The first-order valence-corrected chi connectivity index (χ1v) is 10.8. The molecule has 1 atom stereocenters. The van der Waals surface area contributed by atoms with Gasteiger partial charge in [0.2, 0.25) is 5.91 Å². The Bertz CT molecular complexity index is 875. The Labute approximate surface area is 170 Å². The summed E-state index contributed by atoms with van der Waals surface area (Å²) >= 11 is 1.60. The Morgan fingerprint density at radius 2 is 2.21 bits per heavy atom. The fraction of sp³-hybridized carbons (Fsp3) is 0.600. The van der Waals surface area contributed by atoms with Crippen LogP contribution in [0.3, 0.4) is 0 Å². The Morgan fingerprint density at radius 3 is 2.86 bits per heavy atom. The highest BCUT2D eigenvalue weighted by atomic mass is 32.1. The lowest BCUT2D eigenvalue weighted by molar-refractivity contribution is -0.132. The van der Waals surface area contributed by atoms with Gasteiger partial charge in [-0.15, -0.1) is 11.3 Å². The van der Waals surface area contributed by atoms with Gasteiger partial charge in [-0.05, 0) is 33.1 Å². The number of hydrogen-bond acceptors (Lipinski definition) is 6. The molecule has 0 bridgehead atoms.